The van der Waals surface area contributed by atoms with Crippen molar-refractivity contribution in [3.8, 4) is 6.07 Å². The van der Waals surface area contributed by atoms with Gasteiger partial charge in [0.05, 0.1) is 5.69 Å². The molecule has 2 aromatic rings. The van der Waals surface area contributed by atoms with Crippen LogP contribution in [-0.4, -0.2) is 23.6 Å². The second kappa shape index (κ2) is 5.83. The third-order valence-corrected chi connectivity index (χ3v) is 2.89. The molecule has 2 rings (SSSR count). The van der Waals surface area contributed by atoms with E-state index in [-0.39, 0.29) is 5.69 Å². The number of hydrogen-bond acceptors (Lipinski definition) is 5. The molecule has 19 heavy (non-hydrogen) atoms. The van der Waals surface area contributed by atoms with Crippen LogP contribution in [0.3, 0.4) is 0 Å². The number of hydrogen-bond donors (Lipinski definition) is 1. The fraction of sp³-hybridized carbons (Fsp3) is 0.214. The molecule has 0 saturated carbocycles. The lowest BCUT2D eigenvalue weighted by atomic mass is 10.2. The summed E-state index contributed by atoms with van der Waals surface area (Å²) in [4.78, 5) is 10.2. The van der Waals surface area contributed by atoms with Gasteiger partial charge in [0.1, 0.15) is 11.9 Å². The zero-order valence-electron chi connectivity index (χ0n) is 10.7. The Bertz CT molecular complexity index is 589. The summed E-state index contributed by atoms with van der Waals surface area (Å²) in [6, 6.07) is 9.51. The monoisotopic (exact) mass is 253 g/mol. The fourth-order valence-corrected chi connectivity index (χ4v) is 1.72. The maximum absolute atomic E-state index is 8.91. The minimum Gasteiger partial charge on any atom is -0.396 e. The molecule has 2 aromatic heterocycles. The number of likely N-dealkylation sites (N-methyl/N-ethyl adjacent to an activating group) is 1. The summed E-state index contributed by atoms with van der Waals surface area (Å²) in [7, 11) is 1.95. The van der Waals surface area contributed by atoms with Crippen LogP contribution in [0, 0.1) is 11.3 Å². The van der Waals surface area contributed by atoms with Crippen molar-refractivity contribution in [2.75, 3.05) is 24.2 Å². The predicted molar refractivity (Wildman–Crippen MR) is 74.6 cm³/mol. The van der Waals surface area contributed by atoms with Gasteiger partial charge in [-0.1, -0.05) is 0 Å². The average molecular weight is 253 g/mol. The van der Waals surface area contributed by atoms with Crippen LogP contribution in [0.25, 0.3) is 0 Å². The molecule has 0 atom stereocenters. The van der Waals surface area contributed by atoms with Gasteiger partial charge in [-0.05, 0) is 36.2 Å². The Morgan fingerprint density at radius 1 is 1.26 bits per heavy atom. The second-order valence-electron chi connectivity index (χ2n) is 4.25. The molecule has 0 saturated heterocycles. The molecule has 0 aliphatic rings. The molecule has 96 valence electrons. The summed E-state index contributed by atoms with van der Waals surface area (Å²) in [5.41, 5.74) is 7.56. The van der Waals surface area contributed by atoms with Crippen LogP contribution in [0.1, 0.15) is 11.3 Å². The van der Waals surface area contributed by atoms with E-state index >= 15 is 0 Å². The molecular weight excluding hydrogens is 238 g/mol. The van der Waals surface area contributed by atoms with Crippen LogP contribution in [0.15, 0.2) is 36.7 Å². The van der Waals surface area contributed by atoms with Gasteiger partial charge in [0, 0.05) is 26.0 Å². The molecule has 0 aliphatic heterocycles. The minimum absolute atomic E-state index is 0.272. The van der Waals surface area contributed by atoms with E-state index in [0.717, 1.165) is 18.8 Å². The third kappa shape index (κ3) is 3.19. The van der Waals surface area contributed by atoms with E-state index in [4.69, 9.17) is 11.0 Å². The highest BCUT2D eigenvalue weighted by Crippen LogP contribution is 2.15. The molecule has 0 unspecified atom stereocenters. The van der Waals surface area contributed by atoms with E-state index in [0.29, 0.717) is 5.69 Å². The number of aromatic nitrogens is 2. The van der Waals surface area contributed by atoms with E-state index in [1.165, 1.54) is 5.56 Å². The number of nitrogen functional groups attached to an aromatic ring is 1. The van der Waals surface area contributed by atoms with Gasteiger partial charge < -0.3 is 10.6 Å². The zero-order chi connectivity index (χ0) is 13.7. The number of nitrogens with two attached hydrogens (primary N) is 1. The normalized spacial score (nSPS) is 9.89. The van der Waals surface area contributed by atoms with Crippen LogP contribution in [0.5, 0.6) is 0 Å². The largest absolute Gasteiger partial charge is 0.396 e. The van der Waals surface area contributed by atoms with Crippen molar-refractivity contribution < 1.29 is 0 Å². The lowest BCUT2D eigenvalue weighted by Crippen LogP contribution is -2.21. The molecule has 2 heterocycles. The summed E-state index contributed by atoms with van der Waals surface area (Å²) >= 11 is 0. The van der Waals surface area contributed by atoms with Crippen LogP contribution >= 0.6 is 0 Å². The highest BCUT2D eigenvalue weighted by molar-refractivity contribution is 5.55. The van der Waals surface area contributed by atoms with E-state index in [1.807, 2.05) is 36.2 Å². The van der Waals surface area contributed by atoms with Crippen LogP contribution < -0.4 is 10.6 Å². The Hall–Kier alpha value is -2.61. The maximum atomic E-state index is 8.91. The quantitative estimate of drug-likeness (QED) is 0.895. The van der Waals surface area contributed by atoms with Crippen molar-refractivity contribution >= 4 is 11.5 Å². The molecular formula is C14H15N5. The predicted octanol–water partition coefficient (Wildman–Crippen LogP) is 1.61. The summed E-state index contributed by atoms with van der Waals surface area (Å²) in [5.74, 6) is 0.750. The van der Waals surface area contributed by atoms with Gasteiger partial charge in [0.25, 0.3) is 0 Å². The first-order valence-electron chi connectivity index (χ1n) is 5.97. The highest BCUT2D eigenvalue weighted by atomic mass is 15.2. The Labute approximate surface area is 112 Å². The summed E-state index contributed by atoms with van der Waals surface area (Å²) < 4.78 is 0. The van der Waals surface area contributed by atoms with Crippen molar-refractivity contribution in [1.29, 1.82) is 5.26 Å². The van der Waals surface area contributed by atoms with E-state index in [1.54, 1.807) is 18.5 Å². The van der Waals surface area contributed by atoms with Crippen molar-refractivity contribution in [2.45, 2.75) is 6.42 Å². The van der Waals surface area contributed by atoms with Crippen LogP contribution in [0.2, 0.25) is 0 Å². The van der Waals surface area contributed by atoms with E-state index < -0.39 is 0 Å². The lowest BCUT2D eigenvalue weighted by Gasteiger charge is -2.18. The minimum atomic E-state index is 0.272. The number of rotatable bonds is 4. The lowest BCUT2D eigenvalue weighted by molar-refractivity contribution is 0.857. The van der Waals surface area contributed by atoms with Gasteiger partial charge >= 0.3 is 0 Å². The van der Waals surface area contributed by atoms with Crippen molar-refractivity contribution in [2.24, 2.45) is 0 Å². The third-order valence-electron chi connectivity index (χ3n) is 2.89. The molecule has 0 amide bonds. The van der Waals surface area contributed by atoms with Crippen molar-refractivity contribution in [1.82, 2.24) is 9.97 Å². The SMILES string of the molecule is CN(CCc1ccncc1)c1ccc(N)c(C#N)n1. The van der Waals surface area contributed by atoms with Gasteiger partial charge in [-0.3, -0.25) is 4.98 Å². The molecule has 0 aromatic carbocycles. The Morgan fingerprint density at radius 2 is 2.00 bits per heavy atom. The standard InChI is InChI=1S/C14H15N5/c1-19(9-6-11-4-7-17-8-5-11)14-3-2-12(16)13(10-15)18-14/h2-5,7-8H,6,9,16H2,1H3. The number of pyridine rings is 2. The average Bonchev–Trinajstić information content (AvgIpc) is 2.46. The number of anilines is 2. The van der Waals surface area contributed by atoms with Gasteiger partial charge in [0.15, 0.2) is 5.69 Å². The molecule has 0 fully saturated rings. The molecule has 5 heteroatoms. The van der Waals surface area contributed by atoms with E-state index in [2.05, 4.69) is 9.97 Å². The summed E-state index contributed by atoms with van der Waals surface area (Å²) in [5, 5.41) is 8.91. The highest BCUT2D eigenvalue weighted by Gasteiger charge is 2.06. The van der Waals surface area contributed by atoms with Gasteiger partial charge in [-0.15, -0.1) is 0 Å². The molecule has 5 nitrogen and oxygen atoms in total. The molecule has 0 spiro atoms. The molecule has 0 aliphatic carbocycles. The topological polar surface area (TPSA) is 78.8 Å². The van der Waals surface area contributed by atoms with Gasteiger partial charge in [-0.25, -0.2) is 4.98 Å². The first kappa shape index (κ1) is 12.8. The van der Waals surface area contributed by atoms with Gasteiger partial charge in [0.2, 0.25) is 0 Å². The van der Waals surface area contributed by atoms with E-state index in [9.17, 15) is 0 Å². The van der Waals surface area contributed by atoms with Crippen molar-refractivity contribution in [3.63, 3.8) is 0 Å². The fourth-order valence-electron chi connectivity index (χ4n) is 1.72. The molecule has 2 N–H and O–H groups in total. The number of nitrogens with zero attached hydrogens (tertiary/aromatic N) is 4. The summed E-state index contributed by atoms with van der Waals surface area (Å²) in [6.07, 6.45) is 4.46. The Morgan fingerprint density at radius 3 is 2.68 bits per heavy atom. The van der Waals surface area contributed by atoms with Crippen LogP contribution in [0.4, 0.5) is 11.5 Å². The first-order chi connectivity index (χ1) is 9.20. The van der Waals surface area contributed by atoms with Crippen molar-refractivity contribution in [3.05, 3.63) is 47.9 Å². The second-order valence-corrected chi connectivity index (χ2v) is 4.25. The van der Waals surface area contributed by atoms with Crippen LogP contribution in [-0.2, 0) is 6.42 Å². The summed E-state index contributed by atoms with van der Waals surface area (Å²) in [6.45, 7) is 0.811. The molecule has 0 bridgehead atoms. The number of nitriles is 1. The first-order valence-corrected chi connectivity index (χ1v) is 5.97. The Balaban J connectivity index is 2.04. The molecule has 0 radical (unpaired) electrons. The van der Waals surface area contributed by atoms with Gasteiger partial charge in [-0.2, -0.15) is 5.26 Å². The zero-order valence-corrected chi connectivity index (χ0v) is 10.7. The maximum Gasteiger partial charge on any atom is 0.165 e. The smallest absolute Gasteiger partial charge is 0.165 e. The Kier molecular flexibility index (Phi) is 3.94.